The summed E-state index contributed by atoms with van der Waals surface area (Å²) in [6.45, 7) is 3.59. The molecule has 0 saturated heterocycles. The van der Waals surface area contributed by atoms with Crippen molar-refractivity contribution in [3.63, 3.8) is 0 Å². The first-order valence-corrected chi connectivity index (χ1v) is 7.96. The molecule has 19 heavy (non-hydrogen) atoms. The third kappa shape index (κ3) is 4.72. The van der Waals surface area contributed by atoms with Gasteiger partial charge in [-0.05, 0) is 32.6 Å². The molecule has 0 fully saturated rings. The van der Waals surface area contributed by atoms with Crippen LogP contribution in [0.3, 0.4) is 0 Å². The summed E-state index contributed by atoms with van der Waals surface area (Å²) in [4.78, 5) is 5.96. The number of sulfonamides is 1. The lowest BCUT2D eigenvalue weighted by molar-refractivity contribution is 0.333. The van der Waals surface area contributed by atoms with E-state index in [4.69, 9.17) is 11.6 Å². The lowest BCUT2D eigenvalue weighted by Crippen LogP contribution is -2.37. The van der Waals surface area contributed by atoms with Gasteiger partial charge in [0.25, 0.3) is 0 Å². The molecule has 0 radical (unpaired) electrons. The summed E-state index contributed by atoms with van der Waals surface area (Å²) >= 11 is 5.76. The Morgan fingerprint density at radius 1 is 1.26 bits per heavy atom. The zero-order chi connectivity index (χ0) is 14.5. The lowest BCUT2D eigenvalue weighted by atomic mass is 10.4. The molecule has 108 valence electrons. The number of aromatic nitrogens is 1. The van der Waals surface area contributed by atoms with Crippen LogP contribution in [-0.2, 0) is 10.0 Å². The highest BCUT2D eigenvalue weighted by Crippen LogP contribution is 2.18. The molecule has 0 bridgehead atoms. The number of pyridine rings is 1. The number of hydrogen-bond acceptors (Lipinski definition) is 4. The van der Waals surface area contributed by atoms with Crippen LogP contribution in [0.25, 0.3) is 0 Å². The van der Waals surface area contributed by atoms with Crippen LogP contribution in [-0.4, -0.2) is 56.3 Å². The molecule has 1 aromatic rings. The van der Waals surface area contributed by atoms with Crippen molar-refractivity contribution in [2.45, 2.75) is 18.2 Å². The van der Waals surface area contributed by atoms with E-state index in [2.05, 4.69) is 4.98 Å². The SMILES string of the molecule is CCCN(CCN(C)C)S(=O)(=O)c1ccnc(Cl)c1. The fourth-order valence-corrected chi connectivity index (χ4v) is 3.38. The van der Waals surface area contributed by atoms with Gasteiger partial charge < -0.3 is 4.90 Å². The first-order valence-electron chi connectivity index (χ1n) is 6.14. The summed E-state index contributed by atoms with van der Waals surface area (Å²) < 4.78 is 26.5. The molecule has 0 N–H and O–H groups in total. The van der Waals surface area contributed by atoms with E-state index in [1.807, 2.05) is 25.9 Å². The fourth-order valence-electron chi connectivity index (χ4n) is 1.61. The zero-order valence-corrected chi connectivity index (χ0v) is 13.1. The quantitative estimate of drug-likeness (QED) is 0.720. The number of nitrogens with zero attached hydrogens (tertiary/aromatic N) is 3. The van der Waals surface area contributed by atoms with E-state index in [1.54, 1.807) is 0 Å². The lowest BCUT2D eigenvalue weighted by Gasteiger charge is -2.23. The number of likely N-dealkylation sites (N-methyl/N-ethyl adjacent to an activating group) is 1. The average molecular weight is 306 g/mol. The van der Waals surface area contributed by atoms with Crippen molar-refractivity contribution < 1.29 is 8.42 Å². The van der Waals surface area contributed by atoms with Crippen LogP contribution in [0, 0.1) is 0 Å². The maximum atomic E-state index is 12.5. The van der Waals surface area contributed by atoms with Crippen molar-refractivity contribution in [2.24, 2.45) is 0 Å². The number of rotatable bonds is 7. The Labute approximate surface area is 120 Å². The zero-order valence-electron chi connectivity index (χ0n) is 11.5. The third-order valence-corrected chi connectivity index (χ3v) is 4.71. The van der Waals surface area contributed by atoms with Crippen molar-refractivity contribution in [3.05, 3.63) is 23.5 Å². The third-order valence-electron chi connectivity index (χ3n) is 2.61. The minimum Gasteiger partial charge on any atom is -0.308 e. The highest BCUT2D eigenvalue weighted by Gasteiger charge is 2.23. The second-order valence-corrected chi connectivity index (χ2v) is 6.85. The summed E-state index contributed by atoms with van der Waals surface area (Å²) in [7, 11) is 0.334. The van der Waals surface area contributed by atoms with Crippen LogP contribution in [0.15, 0.2) is 23.2 Å². The molecule has 0 aliphatic heterocycles. The van der Waals surface area contributed by atoms with E-state index in [1.165, 1.54) is 22.6 Å². The van der Waals surface area contributed by atoms with Gasteiger partial charge in [-0.2, -0.15) is 4.31 Å². The molecule has 1 aromatic heterocycles. The monoisotopic (exact) mass is 305 g/mol. The molecule has 1 heterocycles. The van der Waals surface area contributed by atoms with Crippen LogP contribution >= 0.6 is 11.6 Å². The van der Waals surface area contributed by atoms with Crippen LogP contribution in [0.5, 0.6) is 0 Å². The van der Waals surface area contributed by atoms with E-state index in [0.717, 1.165) is 6.42 Å². The highest BCUT2D eigenvalue weighted by molar-refractivity contribution is 7.89. The second-order valence-electron chi connectivity index (χ2n) is 4.52. The minimum absolute atomic E-state index is 0.185. The van der Waals surface area contributed by atoms with Gasteiger partial charge >= 0.3 is 0 Å². The first kappa shape index (κ1) is 16.4. The van der Waals surface area contributed by atoms with Crippen LogP contribution in [0.4, 0.5) is 0 Å². The Morgan fingerprint density at radius 2 is 1.95 bits per heavy atom. The normalized spacial score (nSPS) is 12.3. The number of hydrogen-bond donors (Lipinski definition) is 0. The maximum Gasteiger partial charge on any atom is 0.243 e. The summed E-state index contributed by atoms with van der Waals surface area (Å²) in [6, 6.07) is 2.86. The molecule has 0 atom stereocenters. The van der Waals surface area contributed by atoms with E-state index in [0.29, 0.717) is 19.6 Å². The van der Waals surface area contributed by atoms with Crippen LogP contribution in [0.1, 0.15) is 13.3 Å². The molecule has 7 heteroatoms. The predicted octanol–water partition coefficient (Wildman–Crippen LogP) is 1.70. The second kappa shape index (κ2) is 7.19. The largest absolute Gasteiger partial charge is 0.308 e. The Bertz CT molecular complexity index is 505. The summed E-state index contributed by atoms with van der Waals surface area (Å²) in [5, 5.41) is 0.185. The molecular formula is C12H20ClN3O2S. The summed E-state index contributed by atoms with van der Waals surface area (Å²) in [5.41, 5.74) is 0. The van der Waals surface area contributed by atoms with Crippen molar-refractivity contribution in [2.75, 3.05) is 33.7 Å². The Hall–Kier alpha value is -0.690. The van der Waals surface area contributed by atoms with Gasteiger partial charge in [0, 0.05) is 25.8 Å². The highest BCUT2D eigenvalue weighted by atomic mass is 35.5. The van der Waals surface area contributed by atoms with E-state index in [9.17, 15) is 8.42 Å². The van der Waals surface area contributed by atoms with Gasteiger partial charge in [-0.25, -0.2) is 13.4 Å². The molecule has 0 spiro atoms. The summed E-state index contributed by atoms with van der Waals surface area (Å²) in [5.74, 6) is 0. The Morgan fingerprint density at radius 3 is 2.47 bits per heavy atom. The molecule has 0 saturated carbocycles. The van der Waals surface area contributed by atoms with Gasteiger partial charge in [0.2, 0.25) is 10.0 Å². The fraction of sp³-hybridized carbons (Fsp3) is 0.583. The van der Waals surface area contributed by atoms with Gasteiger partial charge in [-0.15, -0.1) is 0 Å². The van der Waals surface area contributed by atoms with Crippen LogP contribution in [0.2, 0.25) is 5.15 Å². The molecular weight excluding hydrogens is 286 g/mol. The van der Waals surface area contributed by atoms with Crippen molar-refractivity contribution in [1.82, 2.24) is 14.2 Å². The number of halogens is 1. The van der Waals surface area contributed by atoms with Crippen molar-refractivity contribution >= 4 is 21.6 Å². The van der Waals surface area contributed by atoms with Gasteiger partial charge in [0.05, 0.1) is 4.90 Å². The van der Waals surface area contributed by atoms with E-state index in [-0.39, 0.29) is 10.0 Å². The molecule has 0 aliphatic rings. The average Bonchev–Trinajstić information content (AvgIpc) is 2.34. The van der Waals surface area contributed by atoms with E-state index >= 15 is 0 Å². The molecule has 0 unspecified atom stereocenters. The topological polar surface area (TPSA) is 53.5 Å². The first-order chi connectivity index (χ1) is 8.87. The molecule has 5 nitrogen and oxygen atoms in total. The van der Waals surface area contributed by atoms with Gasteiger partial charge in [0.1, 0.15) is 5.15 Å². The standard InChI is InChI=1S/C12H20ClN3O2S/c1-4-7-16(9-8-15(2)3)19(17,18)11-5-6-14-12(13)10-11/h5-6,10H,4,7-9H2,1-3H3. The van der Waals surface area contributed by atoms with Crippen molar-refractivity contribution in [1.29, 1.82) is 0 Å². The van der Waals surface area contributed by atoms with Gasteiger partial charge in [0.15, 0.2) is 0 Å². The van der Waals surface area contributed by atoms with Crippen LogP contribution < -0.4 is 0 Å². The van der Waals surface area contributed by atoms with Gasteiger partial charge in [-0.3, -0.25) is 0 Å². The van der Waals surface area contributed by atoms with Crippen molar-refractivity contribution in [3.8, 4) is 0 Å². The van der Waals surface area contributed by atoms with Gasteiger partial charge in [-0.1, -0.05) is 18.5 Å². The smallest absolute Gasteiger partial charge is 0.243 e. The molecule has 0 aromatic carbocycles. The van der Waals surface area contributed by atoms with E-state index < -0.39 is 10.0 Å². The predicted molar refractivity (Wildman–Crippen MR) is 76.9 cm³/mol. The summed E-state index contributed by atoms with van der Waals surface area (Å²) in [6.07, 6.45) is 2.18. The Kier molecular flexibility index (Phi) is 6.19. The maximum absolute atomic E-state index is 12.5. The molecule has 0 amide bonds. The Balaban J connectivity index is 2.98. The molecule has 1 rings (SSSR count). The minimum atomic E-state index is -3.50. The molecule has 0 aliphatic carbocycles.